The second-order valence-electron chi connectivity index (χ2n) is 1.72. The normalized spacial score (nSPS) is 4.40. The van der Waals surface area contributed by atoms with Gasteiger partial charge in [-0.25, -0.2) is 0 Å². The maximum absolute atomic E-state index is 8.93. The van der Waals surface area contributed by atoms with Crippen molar-refractivity contribution in [2.24, 2.45) is 0 Å². The number of carbonyl (C=O) groups excluding carboxylic acids is 6. The summed E-state index contributed by atoms with van der Waals surface area (Å²) in [5.74, 6) is -13.1. The van der Waals surface area contributed by atoms with Crippen LogP contribution in [0.15, 0.2) is 0 Å². The van der Waals surface area contributed by atoms with Gasteiger partial charge in [-0.15, -0.1) is 0 Å². The molecular weight excluding hydrogens is 725 g/mol. The Kier molecular flexibility index (Phi) is 272. The second-order valence-corrected chi connectivity index (χ2v) is 1.72. The summed E-state index contributed by atoms with van der Waals surface area (Å²) in [7, 11) is 0. The summed E-state index contributed by atoms with van der Waals surface area (Å²) in [6.45, 7) is 0. The van der Waals surface area contributed by atoms with Crippen LogP contribution in [0.25, 0.3) is 0 Å². The number of carbonyl (C=O) groups is 6. The predicted molar refractivity (Wildman–Crippen MR) is 66.2 cm³/mol. The Hall–Kier alpha value is -0.905. The fourth-order valence-corrected chi connectivity index (χ4v) is 0. The number of rotatable bonds is 0. The summed E-state index contributed by atoms with van der Waals surface area (Å²) in [6.07, 6.45) is 0. The molecule has 0 saturated carbocycles. The van der Waals surface area contributed by atoms with E-state index < -0.39 is 35.8 Å². The van der Waals surface area contributed by atoms with Crippen LogP contribution in [0.5, 0.6) is 0 Å². The molecule has 0 aromatic rings. The maximum Gasteiger partial charge on any atom is 3.00 e. The van der Waals surface area contributed by atoms with E-state index in [1.807, 2.05) is 0 Å². The number of hydrogen-bond acceptors (Lipinski definition) is 12. The van der Waals surface area contributed by atoms with Crippen molar-refractivity contribution in [3.63, 3.8) is 0 Å². The SMILES string of the molecule is O.O.O.O.O.O.O.O.O.O.O=C([O-])C(=O)[O-].O=C([O-])C(=O)[O-].O=C([O-])C(=O)[O-].[Sm+3].[Sm+3]. The average Bonchev–Trinajstić information content (AvgIpc) is 2.18. The van der Waals surface area contributed by atoms with Crippen molar-refractivity contribution in [1.82, 2.24) is 0 Å². The van der Waals surface area contributed by atoms with E-state index in [4.69, 9.17) is 59.4 Å². The molecule has 0 bridgehead atoms. The van der Waals surface area contributed by atoms with Crippen molar-refractivity contribution < 1.29 is 195 Å². The molecule has 0 aliphatic heterocycles. The third-order valence-corrected chi connectivity index (χ3v) is 0.500. The number of carboxylic acid groups (broad SMARTS) is 6. The van der Waals surface area contributed by atoms with E-state index in [1.165, 1.54) is 0 Å². The van der Waals surface area contributed by atoms with Gasteiger partial charge in [0, 0.05) is 0 Å². The van der Waals surface area contributed by atoms with Gasteiger partial charge >= 0.3 is 80.8 Å². The van der Waals surface area contributed by atoms with Crippen LogP contribution < -0.4 is 30.6 Å². The van der Waals surface area contributed by atoms with Gasteiger partial charge in [0.15, 0.2) is 0 Å². The molecule has 0 aliphatic carbocycles. The molecule has 0 rings (SSSR count). The topological polar surface area (TPSA) is 556 Å². The zero-order valence-electron chi connectivity index (χ0n) is 13.7. The van der Waals surface area contributed by atoms with Crippen molar-refractivity contribution in [3.8, 4) is 0 Å². The first-order chi connectivity index (χ1) is 7.93. The Labute approximate surface area is 228 Å². The monoisotopic (exact) mass is 748 g/mol. The van der Waals surface area contributed by atoms with Crippen molar-refractivity contribution in [3.05, 3.63) is 0 Å². The molecule has 0 atom stereocenters. The van der Waals surface area contributed by atoms with Crippen LogP contribution in [0.1, 0.15) is 0 Å². The summed E-state index contributed by atoms with van der Waals surface area (Å²) in [6, 6.07) is 0. The quantitative estimate of drug-likeness (QED) is 0.209. The van der Waals surface area contributed by atoms with Gasteiger partial charge in [-0.3, -0.25) is 0 Å². The molecule has 0 aromatic carbocycles. The van der Waals surface area contributed by atoms with Gasteiger partial charge in [0.1, 0.15) is 0 Å². The minimum absolute atomic E-state index is 0. The van der Waals surface area contributed by atoms with E-state index in [0.717, 1.165) is 0 Å². The fourth-order valence-electron chi connectivity index (χ4n) is 0. The Morgan fingerprint density at radius 2 is 0.300 bits per heavy atom. The molecule has 0 aromatic heterocycles. The first-order valence-corrected chi connectivity index (χ1v) is 3.20. The first kappa shape index (κ1) is 116. The van der Waals surface area contributed by atoms with E-state index in [-0.39, 0.29) is 136 Å². The minimum atomic E-state index is -2.19. The van der Waals surface area contributed by atoms with Crippen molar-refractivity contribution in [2.75, 3.05) is 0 Å². The number of aliphatic carboxylic acids is 6. The van der Waals surface area contributed by atoms with Crippen LogP contribution in [-0.2, 0) is 28.8 Å². The predicted octanol–water partition coefficient (Wildman–Crippen LogP) is -18.8. The van der Waals surface area contributed by atoms with E-state index >= 15 is 0 Å². The van der Waals surface area contributed by atoms with Crippen LogP contribution in [0.3, 0.4) is 0 Å². The molecule has 0 aliphatic rings. The molecule has 24 heteroatoms. The van der Waals surface area contributed by atoms with Crippen LogP contribution in [0.2, 0.25) is 0 Å². The molecule has 0 heterocycles. The second kappa shape index (κ2) is 70.6. The fraction of sp³-hybridized carbons (Fsp3) is 0. The minimum Gasteiger partial charge on any atom is -0.543 e. The summed E-state index contributed by atoms with van der Waals surface area (Å²) in [5, 5.41) is 53.6. The zero-order valence-corrected chi connectivity index (χ0v) is 19.0. The van der Waals surface area contributed by atoms with Crippen molar-refractivity contribution >= 4 is 35.8 Å². The Morgan fingerprint density at radius 3 is 0.300 bits per heavy atom. The van der Waals surface area contributed by atoms with Gasteiger partial charge in [-0.2, -0.15) is 0 Å². The Balaban J connectivity index is -0.00000000721. The molecule has 188 valence electrons. The molecule has 22 nitrogen and oxygen atoms in total. The summed E-state index contributed by atoms with van der Waals surface area (Å²) in [5.41, 5.74) is 0. The van der Waals surface area contributed by atoms with Gasteiger partial charge in [0.25, 0.3) is 0 Å². The third-order valence-electron chi connectivity index (χ3n) is 0.500. The number of carboxylic acids is 6. The van der Waals surface area contributed by atoms with Crippen molar-refractivity contribution in [1.29, 1.82) is 0 Å². The van der Waals surface area contributed by atoms with Crippen molar-refractivity contribution in [2.45, 2.75) is 0 Å². The largest absolute Gasteiger partial charge is 3.00 e. The molecule has 0 amide bonds. The molecule has 0 spiro atoms. The van der Waals surface area contributed by atoms with E-state index in [1.54, 1.807) is 0 Å². The van der Waals surface area contributed by atoms with Crippen LogP contribution in [-0.4, -0.2) is 90.6 Å². The van der Waals surface area contributed by atoms with Gasteiger partial charge in [0.05, 0.1) is 35.8 Å². The van der Waals surface area contributed by atoms with E-state index in [0.29, 0.717) is 0 Å². The maximum atomic E-state index is 8.93. The molecule has 30 heavy (non-hydrogen) atoms. The standard InChI is InChI=1S/3C2H2O4.10H2O.2Sm/c3*3-1(4)2(5)6;;;;;;;;;;;;/h3*(H,3,4)(H,5,6);10*1H2;;/q;;;;;;;;;;;;;2*+3/p-6. The smallest absolute Gasteiger partial charge is 0.543 e. The third kappa shape index (κ3) is 150. The van der Waals surface area contributed by atoms with Crippen LogP contribution in [0.4, 0.5) is 0 Å². The van der Waals surface area contributed by atoms with E-state index in [2.05, 4.69) is 0 Å². The van der Waals surface area contributed by atoms with Crippen LogP contribution >= 0.6 is 0 Å². The molecular formula is C6H20O22Sm2. The van der Waals surface area contributed by atoms with E-state index in [9.17, 15) is 0 Å². The van der Waals surface area contributed by atoms with Crippen LogP contribution in [0, 0.1) is 80.8 Å². The van der Waals surface area contributed by atoms with Gasteiger partial charge < -0.3 is 114 Å². The number of hydrogen-bond donors (Lipinski definition) is 0. The van der Waals surface area contributed by atoms with Gasteiger partial charge in [-0.1, -0.05) is 0 Å². The Bertz CT molecular complexity index is 287. The average molecular weight is 745 g/mol. The molecule has 0 saturated heterocycles. The zero-order chi connectivity index (χ0) is 15.5. The van der Waals surface area contributed by atoms with Gasteiger partial charge in [-0.05, 0) is 0 Å². The van der Waals surface area contributed by atoms with Gasteiger partial charge in [0.2, 0.25) is 0 Å². The summed E-state index contributed by atoms with van der Waals surface area (Å²) < 4.78 is 0. The Morgan fingerprint density at radius 1 is 0.267 bits per heavy atom. The summed E-state index contributed by atoms with van der Waals surface area (Å²) in [4.78, 5) is 53.6. The molecule has 0 fully saturated rings. The first-order valence-electron chi connectivity index (χ1n) is 3.20. The molecule has 0 unspecified atom stereocenters. The summed E-state index contributed by atoms with van der Waals surface area (Å²) >= 11 is 0. The molecule has 2 radical (unpaired) electrons. The molecule has 20 N–H and O–H groups in total.